The number of amidine groups is 1. The number of halogens is 3. The number of rotatable bonds is 1. The van der Waals surface area contributed by atoms with Crippen LogP contribution in [0.25, 0.3) is 0 Å². The first kappa shape index (κ1) is 20.6. The quantitative estimate of drug-likeness (QED) is 0.745. The minimum absolute atomic E-state index is 0. The molecule has 0 aromatic heterocycles. The minimum Gasteiger partial charge on any atom is -0.383 e. The zero-order valence-corrected chi connectivity index (χ0v) is 16.1. The molecule has 4 rings (SSSR count). The molecule has 2 aromatic rings. The molecule has 0 bridgehead atoms. The number of benzene rings is 2. The number of nitrogens with two attached hydrogens (primary N) is 1. The molecule has 0 aliphatic carbocycles. The molecule has 6 nitrogen and oxygen atoms in total. The molecule has 1 amide bonds. The summed E-state index contributed by atoms with van der Waals surface area (Å²) in [7, 11) is 0. The maximum atomic E-state index is 14.0. The van der Waals surface area contributed by atoms with Gasteiger partial charge in [-0.15, -0.1) is 12.4 Å². The van der Waals surface area contributed by atoms with Gasteiger partial charge >= 0.3 is 0 Å². The van der Waals surface area contributed by atoms with Crippen molar-refractivity contribution in [3.05, 3.63) is 64.7 Å². The van der Waals surface area contributed by atoms with E-state index in [4.69, 9.17) is 11.0 Å². The van der Waals surface area contributed by atoms with Crippen LogP contribution in [0.5, 0.6) is 0 Å². The van der Waals surface area contributed by atoms with Gasteiger partial charge in [0.05, 0.1) is 22.9 Å². The average Bonchev–Trinajstić information content (AvgIpc) is 2.67. The summed E-state index contributed by atoms with van der Waals surface area (Å²) in [4.78, 5) is 18.8. The summed E-state index contributed by atoms with van der Waals surface area (Å²) in [5, 5.41) is 12.0. The van der Waals surface area contributed by atoms with Crippen molar-refractivity contribution in [1.29, 1.82) is 5.26 Å². The Labute approximate surface area is 172 Å². The highest BCUT2D eigenvalue weighted by Crippen LogP contribution is 2.35. The van der Waals surface area contributed by atoms with Crippen molar-refractivity contribution in [1.82, 2.24) is 4.90 Å². The van der Waals surface area contributed by atoms with Crippen LogP contribution >= 0.6 is 12.4 Å². The van der Waals surface area contributed by atoms with Crippen LogP contribution in [0, 0.1) is 23.0 Å². The third-order valence-corrected chi connectivity index (χ3v) is 5.15. The van der Waals surface area contributed by atoms with Crippen molar-refractivity contribution in [3.63, 3.8) is 0 Å². The van der Waals surface area contributed by atoms with Gasteiger partial charge in [-0.1, -0.05) is 0 Å². The lowest BCUT2D eigenvalue weighted by Gasteiger charge is -2.42. The Bertz CT molecular complexity index is 1020. The Morgan fingerprint density at radius 1 is 1.21 bits per heavy atom. The van der Waals surface area contributed by atoms with Crippen molar-refractivity contribution in [2.24, 2.45) is 10.7 Å². The average molecular weight is 418 g/mol. The third kappa shape index (κ3) is 3.74. The number of fused-ring (bicyclic) bond motifs is 1. The smallest absolute Gasteiger partial charge is 0.253 e. The Kier molecular flexibility index (Phi) is 5.44. The van der Waals surface area contributed by atoms with Crippen LogP contribution in [0.15, 0.2) is 41.4 Å². The second-order valence-electron chi connectivity index (χ2n) is 6.95. The summed E-state index contributed by atoms with van der Waals surface area (Å²) in [5.41, 5.74) is 6.50. The molecule has 3 N–H and O–H groups in total. The molecule has 0 atom stereocenters. The molecule has 2 aliphatic heterocycles. The Morgan fingerprint density at radius 2 is 1.86 bits per heavy atom. The van der Waals surface area contributed by atoms with Crippen LogP contribution < -0.4 is 11.1 Å². The number of amides is 1. The highest BCUT2D eigenvalue weighted by atomic mass is 35.5. The summed E-state index contributed by atoms with van der Waals surface area (Å²) in [6.45, 7) is 0.825. The Balaban J connectivity index is 0.00000240. The molecule has 2 aliphatic rings. The van der Waals surface area contributed by atoms with Gasteiger partial charge in [-0.05, 0) is 30.3 Å². The fourth-order valence-electron chi connectivity index (χ4n) is 3.68. The van der Waals surface area contributed by atoms with E-state index in [1.54, 1.807) is 29.2 Å². The monoisotopic (exact) mass is 417 g/mol. The number of carbonyl (C=O) groups excluding carboxylic acids is 1. The predicted molar refractivity (Wildman–Crippen MR) is 107 cm³/mol. The first-order valence-electron chi connectivity index (χ1n) is 8.83. The third-order valence-electron chi connectivity index (χ3n) is 5.15. The van der Waals surface area contributed by atoms with Gasteiger partial charge in [0.25, 0.3) is 5.91 Å². The van der Waals surface area contributed by atoms with Crippen LogP contribution in [0.2, 0.25) is 0 Å². The van der Waals surface area contributed by atoms with Gasteiger partial charge in [0, 0.05) is 37.6 Å². The first-order valence-corrected chi connectivity index (χ1v) is 8.83. The predicted octanol–water partition coefficient (Wildman–Crippen LogP) is 3.02. The lowest BCUT2D eigenvalue weighted by molar-refractivity contribution is 0.0685. The number of carbonyl (C=O) groups is 1. The van der Waals surface area contributed by atoms with E-state index in [0.717, 1.165) is 6.07 Å². The molecule has 0 radical (unpaired) electrons. The molecule has 9 heteroatoms. The van der Waals surface area contributed by atoms with E-state index in [1.165, 1.54) is 6.07 Å². The summed E-state index contributed by atoms with van der Waals surface area (Å²) in [5.74, 6) is -1.56. The number of hydrogen-bond acceptors (Lipinski definition) is 5. The van der Waals surface area contributed by atoms with Gasteiger partial charge in [0.15, 0.2) is 0 Å². The summed E-state index contributed by atoms with van der Waals surface area (Å²) in [6, 6.07) is 10.5. The van der Waals surface area contributed by atoms with Gasteiger partial charge in [-0.25, -0.2) is 13.8 Å². The largest absolute Gasteiger partial charge is 0.383 e. The standard InChI is InChI=1S/C20H17F2N5O.ClH/c21-14-9-15(22)17-16(10-14)25-20(26-18(17)24)5-7-27(8-6-20)19(28)13-3-1-12(11-23)2-4-13;/h1-4,9-10,25H,5-8H2,(H2,24,26);1H. The SMILES string of the molecule is Cl.N#Cc1ccc(C(=O)N2CCC3(CC2)N=C(N)c2c(F)cc(F)cc2N3)cc1. The maximum Gasteiger partial charge on any atom is 0.253 e. The highest BCUT2D eigenvalue weighted by molar-refractivity contribution is 6.04. The van der Waals surface area contributed by atoms with Crippen molar-refractivity contribution < 1.29 is 13.6 Å². The summed E-state index contributed by atoms with van der Waals surface area (Å²) >= 11 is 0. The lowest BCUT2D eigenvalue weighted by Crippen LogP contribution is -2.52. The van der Waals surface area contributed by atoms with E-state index < -0.39 is 17.3 Å². The first-order chi connectivity index (χ1) is 13.4. The molecule has 2 aromatic carbocycles. The van der Waals surface area contributed by atoms with Crippen LogP contribution in [0.3, 0.4) is 0 Å². The molecular weight excluding hydrogens is 400 g/mol. The van der Waals surface area contributed by atoms with Crippen molar-refractivity contribution in [3.8, 4) is 6.07 Å². The van der Waals surface area contributed by atoms with Gasteiger partial charge in [0.2, 0.25) is 0 Å². The molecule has 0 unspecified atom stereocenters. The van der Waals surface area contributed by atoms with E-state index in [2.05, 4.69) is 10.3 Å². The van der Waals surface area contributed by atoms with Crippen molar-refractivity contribution >= 4 is 29.8 Å². The van der Waals surface area contributed by atoms with Crippen molar-refractivity contribution in [2.45, 2.75) is 18.5 Å². The van der Waals surface area contributed by atoms with E-state index in [9.17, 15) is 13.6 Å². The number of aliphatic imine (C=N–C) groups is 1. The number of nitrogens with zero attached hydrogens (tertiary/aromatic N) is 3. The number of piperidine rings is 1. The normalized spacial score (nSPS) is 16.7. The zero-order chi connectivity index (χ0) is 19.9. The number of anilines is 1. The highest BCUT2D eigenvalue weighted by Gasteiger charge is 2.39. The summed E-state index contributed by atoms with van der Waals surface area (Å²) < 4.78 is 27.6. The van der Waals surface area contributed by atoms with Gasteiger partial charge in [-0.2, -0.15) is 5.26 Å². The second-order valence-corrected chi connectivity index (χ2v) is 6.95. The number of likely N-dealkylation sites (tertiary alicyclic amines) is 1. The number of hydrogen-bond donors (Lipinski definition) is 2. The molecule has 1 saturated heterocycles. The van der Waals surface area contributed by atoms with Gasteiger partial charge in [-0.3, -0.25) is 4.79 Å². The fourth-order valence-corrected chi connectivity index (χ4v) is 3.68. The lowest BCUT2D eigenvalue weighted by atomic mass is 9.93. The molecule has 2 heterocycles. The minimum atomic E-state index is -0.793. The van der Waals surface area contributed by atoms with Crippen LogP contribution in [-0.4, -0.2) is 35.4 Å². The fraction of sp³-hybridized carbons (Fsp3) is 0.250. The van der Waals surface area contributed by atoms with Crippen LogP contribution in [0.1, 0.15) is 34.3 Å². The molecule has 29 heavy (non-hydrogen) atoms. The van der Waals surface area contributed by atoms with E-state index in [0.29, 0.717) is 37.1 Å². The molecule has 1 spiro atoms. The molecule has 1 fully saturated rings. The van der Waals surface area contributed by atoms with Gasteiger partial charge in [0.1, 0.15) is 23.1 Å². The van der Waals surface area contributed by atoms with Crippen LogP contribution in [-0.2, 0) is 0 Å². The summed E-state index contributed by atoms with van der Waals surface area (Å²) in [6.07, 6.45) is 0.903. The van der Waals surface area contributed by atoms with Gasteiger partial charge < -0.3 is 16.0 Å². The van der Waals surface area contributed by atoms with Crippen molar-refractivity contribution in [2.75, 3.05) is 18.4 Å². The molecular formula is C20H18ClF2N5O. The zero-order valence-electron chi connectivity index (χ0n) is 15.3. The molecule has 0 saturated carbocycles. The topological polar surface area (TPSA) is 94.5 Å². The Morgan fingerprint density at radius 3 is 2.48 bits per heavy atom. The molecule has 150 valence electrons. The maximum absolute atomic E-state index is 14.0. The van der Waals surface area contributed by atoms with E-state index in [1.807, 2.05) is 6.07 Å². The second kappa shape index (κ2) is 7.68. The van der Waals surface area contributed by atoms with E-state index in [-0.39, 0.29) is 35.4 Å². The Hall–Kier alpha value is -3.18. The van der Waals surface area contributed by atoms with Crippen LogP contribution in [0.4, 0.5) is 14.5 Å². The number of nitrogens with one attached hydrogen (secondary N) is 1. The number of nitriles is 1. The van der Waals surface area contributed by atoms with E-state index >= 15 is 0 Å².